The van der Waals surface area contributed by atoms with E-state index in [4.69, 9.17) is 9.73 Å². The molecule has 0 spiro atoms. The molecule has 1 aliphatic heterocycles. The van der Waals surface area contributed by atoms with Gasteiger partial charge in [0.25, 0.3) is 0 Å². The fourth-order valence-electron chi connectivity index (χ4n) is 3.89. The lowest BCUT2D eigenvalue weighted by Crippen LogP contribution is -2.46. The number of carbonyl (C=O) groups is 1. The smallest absolute Gasteiger partial charge is 0.220 e. The van der Waals surface area contributed by atoms with Gasteiger partial charge in [-0.05, 0) is 37.3 Å². The SMILES string of the molecule is CCNC(=NCCOc1ccccc1-c1ccccc1)N1CCC(CC(=O)NC)CC1. The molecule has 2 aromatic rings. The van der Waals surface area contributed by atoms with Gasteiger partial charge in [-0.2, -0.15) is 0 Å². The second-order valence-electron chi connectivity index (χ2n) is 7.75. The number of ether oxygens (including phenoxy) is 1. The number of nitrogens with zero attached hydrogens (tertiary/aromatic N) is 2. The molecule has 1 saturated heterocycles. The number of hydrogen-bond acceptors (Lipinski definition) is 3. The van der Waals surface area contributed by atoms with Gasteiger partial charge in [-0.3, -0.25) is 4.79 Å². The molecule has 1 heterocycles. The summed E-state index contributed by atoms with van der Waals surface area (Å²) in [4.78, 5) is 18.7. The Balaban J connectivity index is 1.54. The maximum absolute atomic E-state index is 11.6. The maximum atomic E-state index is 11.6. The second-order valence-corrected chi connectivity index (χ2v) is 7.75. The summed E-state index contributed by atoms with van der Waals surface area (Å²) >= 11 is 0. The molecule has 31 heavy (non-hydrogen) atoms. The van der Waals surface area contributed by atoms with Gasteiger partial charge in [0.1, 0.15) is 12.4 Å². The van der Waals surface area contributed by atoms with E-state index < -0.39 is 0 Å². The highest BCUT2D eigenvalue weighted by molar-refractivity contribution is 5.80. The molecule has 0 atom stereocenters. The van der Waals surface area contributed by atoms with Crippen LogP contribution in [-0.2, 0) is 4.79 Å². The molecular weight excluding hydrogens is 388 g/mol. The van der Waals surface area contributed by atoms with Gasteiger partial charge < -0.3 is 20.3 Å². The minimum atomic E-state index is 0.131. The standard InChI is InChI=1S/C25H34N4O2/c1-3-27-25(29-16-13-20(14-17-29)19-24(30)26-2)28-15-18-31-23-12-8-7-11-22(23)21-9-5-4-6-10-21/h4-12,20H,3,13-19H2,1-2H3,(H,26,30)(H,27,28). The minimum absolute atomic E-state index is 0.131. The number of rotatable bonds is 8. The van der Waals surface area contributed by atoms with Crippen LogP contribution in [0.1, 0.15) is 26.2 Å². The Kier molecular flexibility index (Phi) is 8.76. The van der Waals surface area contributed by atoms with E-state index >= 15 is 0 Å². The van der Waals surface area contributed by atoms with E-state index in [-0.39, 0.29) is 5.91 Å². The normalized spacial score (nSPS) is 14.9. The molecule has 0 aliphatic carbocycles. The maximum Gasteiger partial charge on any atom is 0.220 e. The molecule has 0 saturated carbocycles. The third kappa shape index (κ3) is 6.74. The fourth-order valence-corrected chi connectivity index (χ4v) is 3.89. The van der Waals surface area contributed by atoms with Crippen molar-refractivity contribution in [2.75, 3.05) is 39.8 Å². The van der Waals surface area contributed by atoms with E-state index in [0.717, 1.165) is 55.3 Å². The van der Waals surface area contributed by atoms with Gasteiger partial charge in [0.05, 0.1) is 6.54 Å². The zero-order chi connectivity index (χ0) is 21.9. The van der Waals surface area contributed by atoms with Gasteiger partial charge in [0.2, 0.25) is 5.91 Å². The van der Waals surface area contributed by atoms with E-state index in [2.05, 4.69) is 40.7 Å². The number of guanidine groups is 1. The van der Waals surface area contributed by atoms with Gasteiger partial charge in [-0.1, -0.05) is 48.5 Å². The van der Waals surface area contributed by atoms with Crippen LogP contribution in [0.4, 0.5) is 0 Å². The third-order valence-electron chi connectivity index (χ3n) is 5.58. The van der Waals surface area contributed by atoms with Gasteiger partial charge in [0, 0.05) is 38.7 Å². The number of aliphatic imine (C=N–C) groups is 1. The number of amides is 1. The Morgan fingerprint density at radius 2 is 1.81 bits per heavy atom. The Hall–Kier alpha value is -3.02. The predicted octanol–water partition coefficient (Wildman–Crippen LogP) is 3.55. The average molecular weight is 423 g/mol. The first kappa shape index (κ1) is 22.7. The minimum Gasteiger partial charge on any atom is -0.491 e. The number of benzene rings is 2. The van der Waals surface area contributed by atoms with Crippen LogP contribution in [0.15, 0.2) is 59.6 Å². The lowest BCUT2D eigenvalue weighted by Gasteiger charge is -2.34. The molecule has 6 heteroatoms. The molecule has 2 aromatic carbocycles. The molecule has 0 bridgehead atoms. The summed E-state index contributed by atoms with van der Waals surface area (Å²) in [7, 11) is 1.70. The first-order valence-corrected chi connectivity index (χ1v) is 11.2. The molecule has 166 valence electrons. The first-order chi connectivity index (χ1) is 15.2. The molecule has 2 N–H and O–H groups in total. The van der Waals surface area contributed by atoms with E-state index in [9.17, 15) is 4.79 Å². The zero-order valence-electron chi connectivity index (χ0n) is 18.6. The number of carbonyl (C=O) groups excluding carboxylic acids is 1. The number of hydrogen-bond donors (Lipinski definition) is 2. The van der Waals surface area contributed by atoms with Crippen molar-refractivity contribution < 1.29 is 9.53 Å². The Morgan fingerprint density at radius 3 is 2.52 bits per heavy atom. The molecule has 0 unspecified atom stereocenters. The van der Waals surface area contributed by atoms with Gasteiger partial charge >= 0.3 is 0 Å². The quantitative estimate of drug-likeness (QED) is 0.388. The lowest BCUT2D eigenvalue weighted by atomic mass is 9.93. The highest BCUT2D eigenvalue weighted by Crippen LogP contribution is 2.29. The van der Waals surface area contributed by atoms with Crippen LogP contribution < -0.4 is 15.4 Å². The van der Waals surface area contributed by atoms with Crippen LogP contribution in [0.2, 0.25) is 0 Å². The summed E-state index contributed by atoms with van der Waals surface area (Å²) in [6.07, 6.45) is 2.64. The van der Waals surface area contributed by atoms with E-state index in [0.29, 0.717) is 25.5 Å². The highest BCUT2D eigenvalue weighted by atomic mass is 16.5. The molecular formula is C25H34N4O2. The average Bonchev–Trinajstić information content (AvgIpc) is 2.82. The van der Waals surface area contributed by atoms with Crippen molar-refractivity contribution in [1.82, 2.24) is 15.5 Å². The highest BCUT2D eigenvalue weighted by Gasteiger charge is 2.23. The predicted molar refractivity (Wildman–Crippen MR) is 126 cm³/mol. The van der Waals surface area contributed by atoms with Crippen LogP contribution in [0.25, 0.3) is 11.1 Å². The van der Waals surface area contributed by atoms with Gasteiger partial charge in [0.15, 0.2) is 5.96 Å². The summed E-state index contributed by atoms with van der Waals surface area (Å²) in [6, 6.07) is 18.4. The number of nitrogens with one attached hydrogen (secondary N) is 2. The molecule has 1 aliphatic rings. The van der Waals surface area contributed by atoms with Crippen molar-refractivity contribution in [2.45, 2.75) is 26.2 Å². The molecule has 0 radical (unpaired) electrons. The van der Waals surface area contributed by atoms with E-state index in [1.807, 2.05) is 36.4 Å². The topological polar surface area (TPSA) is 66.0 Å². The molecule has 0 aromatic heterocycles. The Bertz CT molecular complexity index is 846. The van der Waals surface area contributed by atoms with E-state index in [1.54, 1.807) is 7.05 Å². The number of para-hydroxylation sites is 1. The molecule has 6 nitrogen and oxygen atoms in total. The van der Waals surface area contributed by atoms with E-state index in [1.165, 1.54) is 0 Å². The van der Waals surface area contributed by atoms with Crippen LogP contribution in [0.3, 0.4) is 0 Å². The summed E-state index contributed by atoms with van der Waals surface area (Å²) < 4.78 is 6.08. The van der Waals surface area contributed by atoms with Crippen molar-refractivity contribution in [3.05, 3.63) is 54.6 Å². The molecule has 3 rings (SSSR count). The van der Waals surface area contributed by atoms with Gasteiger partial charge in [-0.15, -0.1) is 0 Å². The lowest BCUT2D eigenvalue weighted by molar-refractivity contribution is -0.121. The summed E-state index contributed by atoms with van der Waals surface area (Å²) in [5.74, 6) is 2.40. The molecule has 1 fully saturated rings. The van der Waals surface area contributed by atoms with Gasteiger partial charge in [-0.25, -0.2) is 4.99 Å². The largest absolute Gasteiger partial charge is 0.491 e. The fraction of sp³-hybridized carbons (Fsp3) is 0.440. The van der Waals surface area contributed by atoms with Crippen molar-refractivity contribution >= 4 is 11.9 Å². The van der Waals surface area contributed by atoms with Crippen molar-refractivity contribution in [2.24, 2.45) is 10.9 Å². The zero-order valence-corrected chi connectivity index (χ0v) is 18.6. The Morgan fingerprint density at radius 1 is 1.10 bits per heavy atom. The number of piperidine rings is 1. The van der Waals surface area contributed by atoms with Crippen molar-refractivity contribution in [1.29, 1.82) is 0 Å². The van der Waals surface area contributed by atoms with Crippen LogP contribution in [0.5, 0.6) is 5.75 Å². The molecule has 1 amide bonds. The second kappa shape index (κ2) is 12.0. The Labute approximate surface area is 185 Å². The third-order valence-corrected chi connectivity index (χ3v) is 5.58. The summed E-state index contributed by atoms with van der Waals surface area (Å²) in [5.41, 5.74) is 2.24. The monoisotopic (exact) mass is 422 g/mol. The summed E-state index contributed by atoms with van der Waals surface area (Å²) in [5, 5.41) is 6.12. The first-order valence-electron chi connectivity index (χ1n) is 11.2. The van der Waals surface area contributed by atoms with Crippen LogP contribution in [0, 0.1) is 5.92 Å². The van der Waals surface area contributed by atoms with Crippen molar-refractivity contribution in [3.63, 3.8) is 0 Å². The number of likely N-dealkylation sites (tertiary alicyclic amines) is 1. The summed E-state index contributed by atoms with van der Waals surface area (Å²) in [6.45, 7) is 5.86. The van der Waals surface area contributed by atoms with Crippen molar-refractivity contribution in [3.8, 4) is 16.9 Å². The van der Waals surface area contributed by atoms with Crippen LogP contribution >= 0.6 is 0 Å². The van der Waals surface area contributed by atoms with Crippen LogP contribution in [-0.4, -0.2) is 56.6 Å².